The van der Waals surface area contributed by atoms with Crippen molar-refractivity contribution in [1.82, 2.24) is 0 Å². The number of esters is 1. The molecule has 0 unspecified atom stereocenters. The minimum Gasteiger partial charge on any atom is -0.508 e. The number of unbranched alkanes of at least 4 members (excludes halogenated alkanes) is 1. The number of aliphatic hydroxyl groups excluding tert-OH is 1. The van der Waals surface area contributed by atoms with Crippen LogP contribution in [0.15, 0.2) is 91.0 Å². The quantitative estimate of drug-likeness (QED) is 0.109. The molecule has 0 spiro atoms. The fraction of sp³-hybridized carbons (Fsp3) is 0.250. The molecular formula is C28H38N2O7S3. The Morgan fingerprint density at radius 3 is 1.52 bits per heavy atom. The summed E-state index contributed by atoms with van der Waals surface area (Å²) in [6.45, 7) is 4.57. The maximum Gasteiger partial charge on any atom is 0.308 e. The highest BCUT2D eigenvalue weighted by Gasteiger charge is 2.02. The van der Waals surface area contributed by atoms with Crippen LogP contribution in [0.4, 0.5) is 0 Å². The van der Waals surface area contributed by atoms with Crippen molar-refractivity contribution >= 4 is 51.4 Å². The smallest absolute Gasteiger partial charge is 0.308 e. The Kier molecular flexibility index (Phi) is 26.3. The van der Waals surface area contributed by atoms with E-state index in [2.05, 4.69) is 24.3 Å². The number of nitrogens with two attached hydrogens (primary N) is 2. The number of carbonyl (C=O) groups is 1. The molecule has 3 rings (SSSR count). The van der Waals surface area contributed by atoms with Gasteiger partial charge in [0.25, 0.3) is 0 Å². The predicted molar refractivity (Wildman–Crippen MR) is 168 cm³/mol. The summed E-state index contributed by atoms with van der Waals surface area (Å²) in [6, 6.07) is 27.1. The Bertz CT molecular complexity index is 1120. The van der Waals surface area contributed by atoms with Crippen molar-refractivity contribution in [2.24, 2.45) is 10.9 Å². The van der Waals surface area contributed by atoms with Gasteiger partial charge >= 0.3 is 5.97 Å². The van der Waals surface area contributed by atoms with Gasteiger partial charge in [-0.2, -0.15) is 0 Å². The molecule has 0 aromatic heterocycles. The summed E-state index contributed by atoms with van der Waals surface area (Å²) in [5, 5.41) is 21.7. The van der Waals surface area contributed by atoms with E-state index in [1.165, 1.54) is 12.8 Å². The first-order valence-corrected chi connectivity index (χ1v) is 14.1. The van der Waals surface area contributed by atoms with Gasteiger partial charge in [-0.15, -0.1) is 0 Å². The number of carbonyl (C=O) groups excluding carboxylic acids is 1. The van der Waals surface area contributed by atoms with Gasteiger partial charge in [-0.25, -0.2) is 13.6 Å². The molecule has 0 fully saturated rings. The number of ether oxygens (including phenoxy) is 2. The Morgan fingerprint density at radius 1 is 0.825 bits per heavy atom. The van der Waals surface area contributed by atoms with Crippen molar-refractivity contribution in [2.45, 2.75) is 33.1 Å². The Labute approximate surface area is 248 Å². The van der Waals surface area contributed by atoms with Gasteiger partial charge in [0.2, 0.25) is 6.79 Å². The van der Waals surface area contributed by atoms with E-state index in [1.807, 2.05) is 54.6 Å². The van der Waals surface area contributed by atoms with Gasteiger partial charge in [0.05, 0.1) is 0 Å². The van der Waals surface area contributed by atoms with E-state index >= 15 is 0 Å². The van der Waals surface area contributed by atoms with Crippen LogP contribution in [-0.2, 0) is 25.2 Å². The summed E-state index contributed by atoms with van der Waals surface area (Å²) in [5.41, 5.74) is 6.65. The van der Waals surface area contributed by atoms with E-state index in [9.17, 15) is 4.79 Å². The molecule has 40 heavy (non-hydrogen) atoms. The van der Waals surface area contributed by atoms with Gasteiger partial charge in [0.15, 0.2) is 21.0 Å². The van der Waals surface area contributed by atoms with Crippen LogP contribution in [0.2, 0.25) is 0 Å². The highest BCUT2D eigenvalue weighted by atomic mass is 32.2. The lowest BCUT2D eigenvalue weighted by molar-refractivity contribution is -0.150. The monoisotopic (exact) mass is 610 g/mol. The van der Waals surface area contributed by atoms with Crippen molar-refractivity contribution in [1.29, 1.82) is 0 Å². The lowest BCUT2D eigenvalue weighted by Crippen LogP contribution is -2.11. The second-order valence-corrected chi connectivity index (χ2v) is 8.55. The third-order valence-electron chi connectivity index (χ3n) is 4.04. The third kappa shape index (κ3) is 26.2. The lowest BCUT2D eigenvalue weighted by Gasteiger charge is -2.07. The predicted octanol–water partition coefficient (Wildman–Crippen LogP) is 4.82. The molecule has 3 aromatic carbocycles. The molecule has 0 aliphatic carbocycles. The summed E-state index contributed by atoms with van der Waals surface area (Å²) in [5.74, 6) is 0.0216. The molecule has 0 radical (unpaired) electrons. The maximum atomic E-state index is 10.8. The third-order valence-corrected chi connectivity index (χ3v) is 4.63. The molecule has 12 heteroatoms. The highest BCUT2D eigenvalue weighted by molar-refractivity contribution is 7.80. The van der Waals surface area contributed by atoms with Gasteiger partial charge < -0.3 is 25.4 Å². The number of benzene rings is 3. The summed E-state index contributed by atoms with van der Waals surface area (Å²) >= 11 is 9.51. The first-order chi connectivity index (χ1) is 19.1. The molecule has 0 heterocycles. The number of rotatable bonds is 7. The molecule has 0 atom stereocenters. The topological polar surface area (TPSA) is 162 Å². The van der Waals surface area contributed by atoms with Crippen molar-refractivity contribution < 1.29 is 32.9 Å². The molecule has 0 saturated heterocycles. The van der Waals surface area contributed by atoms with Crippen LogP contribution < -0.4 is 10.9 Å². The standard InChI is InChI=1S/C11H12O3S.C7H6OS.C6H6O.C4H11N.H3NO2S/c1-2-10(12)13-8-14-11(15)9-6-4-3-5-7-9;8-7(9)6-4-2-1-3-5-6;7-6-4-2-1-3-5-6;1-2-3-4-5;1-4(2)3/h3-7H,2,8H2,1H3;1-5H,(H,8,9);1-5,7H;2-5H2,1H3;4H,(H2,1,2,3). The van der Waals surface area contributed by atoms with Crippen molar-refractivity contribution in [3.8, 4) is 5.75 Å². The van der Waals surface area contributed by atoms with Crippen LogP contribution in [-0.4, -0.2) is 48.0 Å². The van der Waals surface area contributed by atoms with E-state index < -0.39 is 10.9 Å². The molecular weight excluding hydrogens is 573 g/mol. The number of aromatic hydroxyl groups is 1. The summed E-state index contributed by atoms with van der Waals surface area (Å²) in [4.78, 5) is 10.8. The number of phenols is 1. The van der Waals surface area contributed by atoms with E-state index in [1.54, 1.807) is 43.3 Å². The fourth-order valence-corrected chi connectivity index (χ4v) is 2.44. The van der Waals surface area contributed by atoms with Gasteiger partial charge in [-0.3, -0.25) is 4.79 Å². The zero-order chi connectivity index (χ0) is 30.6. The SMILES string of the molecule is CCC(=O)OCOC(=S)c1ccccc1.CCCCN.N[SH](=O)=O.OC(=S)c1ccccc1.Oc1ccccc1. The van der Waals surface area contributed by atoms with Crippen molar-refractivity contribution in [3.05, 3.63) is 102 Å². The first-order valence-electron chi connectivity index (χ1n) is 12.1. The maximum absolute atomic E-state index is 10.8. The molecule has 0 bridgehead atoms. The Balaban J connectivity index is 0. The highest BCUT2D eigenvalue weighted by Crippen LogP contribution is 2.03. The van der Waals surface area contributed by atoms with Crippen LogP contribution >= 0.6 is 24.4 Å². The molecule has 9 nitrogen and oxygen atoms in total. The average molecular weight is 611 g/mol. The number of para-hydroxylation sites is 1. The van der Waals surface area contributed by atoms with E-state index in [0.29, 0.717) is 22.8 Å². The van der Waals surface area contributed by atoms with Crippen LogP contribution in [0.25, 0.3) is 0 Å². The van der Waals surface area contributed by atoms with Crippen LogP contribution in [0.1, 0.15) is 44.2 Å². The van der Waals surface area contributed by atoms with Crippen molar-refractivity contribution in [2.75, 3.05) is 13.3 Å². The summed E-state index contributed by atoms with van der Waals surface area (Å²) < 4.78 is 27.5. The van der Waals surface area contributed by atoms with Gasteiger partial charge in [0, 0.05) is 17.5 Å². The normalized spacial score (nSPS) is 8.93. The number of aliphatic hydroxyl groups is 1. The van der Waals surface area contributed by atoms with Gasteiger partial charge in [0.1, 0.15) is 5.75 Å². The molecule has 220 valence electrons. The molecule has 3 aromatic rings. The molecule has 0 aliphatic rings. The average Bonchev–Trinajstić information content (AvgIpc) is 2.95. The second kappa shape index (κ2) is 27.2. The summed E-state index contributed by atoms with van der Waals surface area (Å²) in [7, 11) is -2.62. The number of hydrogen-bond donors (Lipinski definition) is 5. The minimum absolute atomic E-state index is 0.0457. The molecule has 6 N–H and O–H groups in total. The lowest BCUT2D eigenvalue weighted by atomic mass is 10.2. The van der Waals surface area contributed by atoms with Crippen LogP contribution in [0.5, 0.6) is 5.75 Å². The van der Waals surface area contributed by atoms with Crippen LogP contribution in [0.3, 0.4) is 0 Å². The number of hydrogen-bond acceptors (Lipinski definition) is 9. The molecule has 0 saturated carbocycles. The fourth-order valence-electron chi connectivity index (χ4n) is 2.12. The largest absolute Gasteiger partial charge is 0.508 e. The van der Waals surface area contributed by atoms with E-state index in [4.69, 9.17) is 46.1 Å². The van der Waals surface area contributed by atoms with E-state index in [0.717, 1.165) is 12.1 Å². The van der Waals surface area contributed by atoms with Crippen molar-refractivity contribution in [3.63, 3.8) is 0 Å². The first kappa shape index (κ1) is 38.7. The van der Waals surface area contributed by atoms with Crippen LogP contribution in [0, 0.1) is 0 Å². The van der Waals surface area contributed by atoms with Gasteiger partial charge in [-0.1, -0.05) is 99.1 Å². The molecule has 0 aliphatic heterocycles. The Hall–Kier alpha value is -3.42. The summed E-state index contributed by atoms with van der Waals surface area (Å²) in [6.07, 6.45) is 2.72. The second-order valence-electron chi connectivity index (χ2n) is 7.22. The zero-order valence-electron chi connectivity index (χ0n) is 22.5. The molecule has 0 amide bonds. The minimum atomic E-state index is -2.62. The Morgan fingerprint density at radius 2 is 1.25 bits per heavy atom. The number of thiol groups is 1. The number of thiocarbonyl (C=S) groups is 2. The van der Waals surface area contributed by atoms with Gasteiger partial charge in [-0.05, 0) is 49.5 Å². The zero-order valence-corrected chi connectivity index (χ0v) is 25.1. The number of phenolic OH excluding ortho intramolecular Hbond substituents is 1. The van der Waals surface area contributed by atoms with E-state index in [-0.39, 0.29) is 17.8 Å².